The minimum Gasteiger partial charge on any atom is -0.395 e. The molecule has 118 valence electrons. The van der Waals surface area contributed by atoms with E-state index in [4.69, 9.17) is 16.7 Å². The number of carbonyl (C=O) groups excluding carboxylic acids is 1. The Morgan fingerprint density at radius 2 is 2.23 bits per heavy atom. The first kappa shape index (κ1) is 17.3. The van der Waals surface area contributed by atoms with Crippen molar-refractivity contribution in [1.29, 1.82) is 0 Å². The van der Waals surface area contributed by atoms with Gasteiger partial charge in [0.1, 0.15) is 5.01 Å². The number of aliphatic hydroxyl groups is 1. The molecule has 1 aromatic carbocycles. The highest BCUT2D eigenvalue weighted by molar-refractivity contribution is 7.99. The average molecular weight is 357 g/mol. The molecule has 1 heterocycles. The number of thioether (sulfide) groups is 1. The van der Waals surface area contributed by atoms with E-state index >= 15 is 0 Å². The predicted octanol–water partition coefficient (Wildman–Crippen LogP) is 3.05. The maximum atomic E-state index is 12.3. The van der Waals surface area contributed by atoms with Crippen molar-refractivity contribution >= 4 is 40.6 Å². The van der Waals surface area contributed by atoms with E-state index in [1.54, 1.807) is 11.1 Å². The van der Waals surface area contributed by atoms with Gasteiger partial charge >= 0.3 is 0 Å². The summed E-state index contributed by atoms with van der Waals surface area (Å²) in [7, 11) is 0. The molecular formula is C15H17ClN2O2S2. The van der Waals surface area contributed by atoms with Crippen molar-refractivity contribution in [3.05, 3.63) is 51.4 Å². The first-order chi connectivity index (χ1) is 10.7. The molecule has 7 heteroatoms. The molecule has 2 rings (SSSR count). The number of halogens is 1. The van der Waals surface area contributed by atoms with Crippen LogP contribution < -0.4 is 0 Å². The molecule has 0 bridgehead atoms. The van der Waals surface area contributed by atoms with Gasteiger partial charge in [0.15, 0.2) is 0 Å². The third-order valence-electron chi connectivity index (χ3n) is 2.97. The van der Waals surface area contributed by atoms with Crippen LogP contribution in [0.15, 0.2) is 35.8 Å². The van der Waals surface area contributed by atoms with Gasteiger partial charge in [0.05, 0.1) is 18.9 Å². The van der Waals surface area contributed by atoms with Crippen molar-refractivity contribution in [1.82, 2.24) is 9.88 Å². The second-order valence-corrected chi connectivity index (χ2v) is 6.92. The van der Waals surface area contributed by atoms with Crippen LogP contribution in [0, 0.1) is 0 Å². The molecule has 0 aliphatic heterocycles. The Hall–Kier alpha value is -1.08. The first-order valence-electron chi connectivity index (χ1n) is 6.79. The van der Waals surface area contributed by atoms with Gasteiger partial charge in [-0.1, -0.05) is 29.8 Å². The van der Waals surface area contributed by atoms with Gasteiger partial charge in [0.2, 0.25) is 5.91 Å². The van der Waals surface area contributed by atoms with Crippen LogP contribution in [0.4, 0.5) is 0 Å². The molecule has 0 radical (unpaired) electrons. The number of hydrogen-bond donors (Lipinski definition) is 1. The summed E-state index contributed by atoms with van der Waals surface area (Å²) in [6.07, 6.45) is 1.72. The number of thiazole rings is 1. The number of nitrogens with zero attached hydrogens (tertiary/aromatic N) is 2. The Kier molecular flexibility index (Phi) is 7.18. The van der Waals surface area contributed by atoms with Crippen molar-refractivity contribution in [3.63, 3.8) is 0 Å². The molecule has 1 amide bonds. The van der Waals surface area contributed by atoms with E-state index in [2.05, 4.69) is 4.98 Å². The monoisotopic (exact) mass is 356 g/mol. The van der Waals surface area contributed by atoms with Crippen LogP contribution in [0.1, 0.15) is 10.6 Å². The van der Waals surface area contributed by atoms with Crippen LogP contribution in [0.5, 0.6) is 0 Å². The van der Waals surface area contributed by atoms with Crippen LogP contribution in [0.25, 0.3) is 0 Å². The lowest BCUT2D eigenvalue weighted by atomic mass is 10.2. The Labute approximate surface area is 143 Å². The van der Waals surface area contributed by atoms with Crippen molar-refractivity contribution in [2.75, 3.05) is 18.9 Å². The number of hydrogen-bond acceptors (Lipinski definition) is 5. The summed E-state index contributed by atoms with van der Waals surface area (Å²) in [5, 5.41) is 12.6. The highest BCUT2D eigenvalue weighted by Gasteiger charge is 2.15. The summed E-state index contributed by atoms with van der Waals surface area (Å²) in [5.74, 6) is 1.05. The number of amides is 1. The Bertz CT molecular complexity index is 593. The fraction of sp³-hybridized carbons (Fsp3) is 0.333. The summed E-state index contributed by atoms with van der Waals surface area (Å²) in [4.78, 5) is 18.1. The van der Waals surface area contributed by atoms with E-state index in [0.29, 0.717) is 24.6 Å². The molecule has 0 spiro atoms. The number of carbonyl (C=O) groups is 1. The quantitative estimate of drug-likeness (QED) is 0.789. The zero-order valence-corrected chi connectivity index (χ0v) is 14.3. The van der Waals surface area contributed by atoms with E-state index in [1.807, 2.05) is 29.6 Å². The highest BCUT2D eigenvalue weighted by Crippen LogP contribution is 2.21. The molecule has 0 atom stereocenters. The lowest BCUT2D eigenvalue weighted by Crippen LogP contribution is -2.34. The van der Waals surface area contributed by atoms with E-state index in [1.165, 1.54) is 23.1 Å². The Morgan fingerprint density at radius 1 is 1.41 bits per heavy atom. The zero-order chi connectivity index (χ0) is 15.8. The molecular weight excluding hydrogens is 340 g/mol. The second kappa shape index (κ2) is 9.15. The van der Waals surface area contributed by atoms with Crippen molar-refractivity contribution in [2.45, 2.75) is 12.3 Å². The Balaban J connectivity index is 1.84. The van der Waals surface area contributed by atoms with Gasteiger partial charge in [0.25, 0.3) is 0 Å². The average Bonchev–Trinajstić information content (AvgIpc) is 3.02. The normalized spacial score (nSPS) is 10.6. The molecule has 1 aromatic heterocycles. The van der Waals surface area contributed by atoms with Gasteiger partial charge < -0.3 is 10.0 Å². The number of benzene rings is 1. The van der Waals surface area contributed by atoms with Gasteiger partial charge in [-0.3, -0.25) is 4.79 Å². The standard InChI is InChI=1S/C15H17ClN2O2S2/c16-13-4-2-1-3-12(13)10-21-11-15(20)18(6-7-19)9-14-17-5-8-22-14/h1-5,8,19H,6-7,9-11H2. The SMILES string of the molecule is O=C(CSCc1ccccc1Cl)N(CCO)Cc1nccs1. The summed E-state index contributed by atoms with van der Waals surface area (Å²) in [6.45, 7) is 0.723. The maximum Gasteiger partial charge on any atom is 0.233 e. The van der Waals surface area contributed by atoms with Crippen molar-refractivity contribution in [3.8, 4) is 0 Å². The number of aromatic nitrogens is 1. The maximum absolute atomic E-state index is 12.3. The van der Waals surface area contributed by atoms with E-state index in [0.717, 1.165) is 15.6 Å². The fourth-order valence-corrected chi connectivity index (χ4v) is 3.71. The minimum absolute atomic E-state index is 0.00121. The van der Waals surface area contributed by atoms with Crippen LogP contribution in [0.2, 0.25) is 5.02 Å². The molecule has 0 aliphatic carbocycles. The van der Waals surface area contributed by atoms with Crippen LogP contribution in [-0.2, 0) is 17.1 Å². The summed E-state index contributed by atoms with van der Waals surface area (Å²) in [5.41, 5.74) is 1.02. The van der Waals surface area contributed by atoms with E-state index in [9.17, 15) is 4.79 Å². The fourth-order valence-electron chi connectivity index (χ4n) is 1.86. The first-order valence-corrected chi connectivity index (χ1v) is 9.20. The molecule has 2 aromatic rings. The summed E-state index contributed by atoms with van der Waals surface area (Å²) >= 11 is 9.13. The summed E-state index contributed by atoms with van der Waals surface area (Å²) in [6, 6.07) is 7.63. The summed E-state index contributed by atoms with van der Waals surface area (Å²) < 4.78 is 0. The van der Waals surface area contributed by atoms with Crippen LogP contribution in [-0.4, -0.2) is 39.8 Å². The molecule has 0 saturated heterocycles. The third kappa shape index (κ3) is 5.28. The van der Waals surface area contributed by atoms with Gasteiger partial charge in [-0.05, 0) is 11.6 Å². The van der Waals surface area contributed by atoms with Gasteiger partial charge in [0, 0.05) is 28.9 Å². The van der Waals surface area contributed by atoms with Gasteiger partial charge in [-0.15, -0.1) is 23.1 Å². The van der Waals surface area contributed by atoms with E-state index < -0.39 is 0 Å². The third-order valence-corrected chi connectivity index (χ3v) is 5.07. The van der Waals surface area contributed by atoms with Gasteiger partial charge in [-0.25, -0.2) is 4.98 Å². The smallest absolute Gasteiger partial charge is 0.233 e. The molecule has 22 heavy (non-hydrogen) atoms. The molecule has 1 N–H and O–H groups in total. The Morgan fingerprint density at radius 3 is 2.91 bits per heavy atom. The van der Waals surface area contributed by atoms with Crippen molar-refractivity contribution < 1.29 is 9.90 Å². The molecule has 0 fully saturated rings. The lowest BCUT2D eigenvalue weighted by Gasteiger charge is -2.20. The lowest BCUT2D eigenvalue weighted by molar-refractivity contribution is -0.129. The zero-order valence-electron chi connectivity index (χ0n) is 11.9. The van der Waals surface area contributed by atoms with E-state index in [-0.39, 0.29) is 12.5 Å². The second-order valence-electron chi connectivity index (χ2n) is 4.55. The predicted molar refractivity (Wildman–Crippen MR) is 92.2 cm³/mol. The largest absolute Gasteiger partial charge is 0.395 e. The van der Waals surface area contributed by atoms with Crippen LogP contribution >= 0.6 is 34.7 Å². The van der Waals surface area contributed by atoms with Crippen molar-refractivity contribution in [2.24, 2.45) is 0 Å². The van der Waals surface area contributed by atoms with Gasteiger partial charge in [-0.2, -0.15) is 0 Å². The topological polar surface area (TPSA) is 53.4 Å². The minimum atomic E-state index is -0.0493. The molecule has 0 unspecified atom stereocenters. The molecule has 0 saturated carbocycles. The highest BCUT2D eigenvalue weighted by atomic mass is 35.5. The number of rotatable bonds is 8. The van der Waals surface area contributed by atoms with Crippen LogP contribution in [0.3, 0.4) is 0 Å². The molecule has 4 nitrogen and oxygen atoms in total. The number of aliphatic hydroxyl groups excluding tert-OH is 1. The molecule has 0 aliphatic rings.